The second-order valence-electron chi connectivity index (χ2n) is 3.45. The van der Waals surface area contributed by atoms with Crippen LogP contribution in [0.15, 0.2) is 0 Å². The maximum Gasteiger partial charge on any atom is 0.323 e. The van der Waals surface area contributed by atoms with Gasteiger partial charge < -0.3 is 15.0 Å². The van der Waals surface area contributed by atoms with Crippen molar-refractivity contribution < 1.29 is 9.53 Å². The summed E-state index contributed by atoms with van der Waals surface area (Å²) in [5, 5.41) is 3.12. The number of nitrogens with zero attached hydrogens (tertiary/aromatic N) is 1. The van der Waals surface area contributed by atoms with Crippen molar-refractivity contribution in [3.63, 3.8) is 0 Å². The minimum Gasteiger partial charge on any atom is -0.465 e. The summed E-state index contributed by atoms with van der Waals surface area (Å²) in [5.74, 6) is -0.142. The fourth-order valence-corrected chi connectivity index (χ4v) is 1.18. The predicted molar refractivity (Wildman–Crippen MR) is 57.3 cm³/mol. The summed E-state index contributed by atoms with van der Waals surface area (Å²) in [5.41, 5.74) is 0. The first-order valence-electron chi connectivity index (χ1n) is 5.16. The number of hydrogen-bond donors (Lipinski definition) is 1. The molecule has 0 rings (SSSR count). The Balaban J connectivity index is 3.93. The van der Waals surface area contributed by atoms with E-state index in [9.17, 15) is 4.79 Å². The summed E-state index contributed by atoms with van der Waals surface area (Å²) < 4.78 is 4.97. The van der Waals surface area contributed by atoms with E-state index in [0.717, 1.165) is 19.5 Å². The number of likely N-dealkylation sites (N-methyl/N-ethyl adjacent to an activating group) is 1. The zero-order chi connectivity index (χ0) is 11.0. The molecule has 0 aliphatic heterocycles. The van der Waals surface area contributed by atoms with E-state index in [0.29, 0.717) is 6.61 Å². The van der Waals surface area contributed by atoms with Crippen molar-refractivity contribution in [3.8, 4) is 0 Å². The third kappa shape index (κ3) is 5.94. The lowest BCUT2D eigenvalue weighted by molar-refractivity contribution is -0.145. The van der Waals surface area contributed by atoms with Gasteiger partial charge in [-0.2, -0.15) is 0 Å². The van der Waals surface area contributed by atoms with Gasteiger partial charge in [0.25, 0.3) is 0 Å². The van der Waals surface area contributed by atoms with Gasteiger partial charge in [-0.3, -0.25) is 4.79 Å². The molecule has 0 radical (unpaired) electrons. The van der Waals surface area contributed by atoms with Crippen LogP contribution in [-0.2, 0) is 9.53 Å². The van der Waals surface area contributed by atoms with Gasteiger partial charge >= 0.3 is 5.97 Å². The van der Waals surface area contributed by atoms with E-state index in [1.54, 1.807) is 0 Å². The lowest BCUT2D eigenvalue weighted by Crippen LogP contribution is -2.40. The van der Waals surface area contributed by atoms with Crippen LogP contribution in [0.2, 0.25) is 0 Å². The highest BCUT2D eigenvalue weighted by atomic mass is 16.5. The molecular formula is C10H22N2O2. The summed E-state index contributed by atoms with van der Waals surface area (Å²) in [6, 6.07) is -0.164. The van der Waals surface area contributed by atoms with E-state index in [1.165, 1.54) is 0 Å². The molecule has 0 amide bonds. The topological polar surface area (TPSA) is 41.6 Å². The molecule has 14 heavy (non-hydrogen) atoms. The molecule has 1 unspecified atom stereocenters. The van der Waals surface area contributed by atoms with Crippen LogP contribution in [0.5, 0.6) is 0 Å². The molecule has 0 saturated heterocycles. The predicted octanol–water partition coefficient (Wildman–Crippen LogP) is 0.479. The molecule has 0 aromatic carbocycles. The van der Waals surface area contributed by atoms with Crippen molar-refractivity contribution in [3.05, 3.63) is 0 Å². The minimum atomic E-state index is -0.164. The van der Waals surface area contributed by atoms with Gasteiger partial charge in [0.1, 0.15) is 6.04 Å². The normalized spacial score (nSPS) is 12.9. The monoisotopic (exact) mass is 202 g/mol. The van der Waals surface area contributed by atoms with E-state index in [-0.39, 0.29) is 12.0 Å². The smallest absolute Gasteiger partial charge is 0.323 e. The van der Waals surface area contributed by atoms with Gasteiger partial charge in [0.2, 0.25) is 0 Å². The van der Waals surface area contributed by atoms with Gasteiger partial charge in [-0.05, 0) is 40.5 Å². The zero-order valence-electron chi connectivity index (χ0n) is 9.67. The number of rotatable bonds is 7. The highest BCUT2D eigenvalue weighted by Gasteiger charge is 2.17. The molecule has 0 spiro atoms. The molecule has 4 heteroatoms. The van der Waals surface area contributed by atoms with Crippen LogP contribution in [0, 0.1) is 0 Å². The molecule has 0 saturated carbocycles. The molecular weight excluding hydrogens is 180 g/mol. The number of nitrogens with one attached hydrogen (secondary N) is 1. The van der Waals surface area contributed by atoms with Crippen molar-refractivity contribution in [2.75, 3.05) is 33.8 Å². The molecule has 0 aliphatic carbocycles. The van der Waals surface area contributed by atoms with Crippen LogP contribution >= 0.6 is 0 Å². The molecule has 4 nitrogen and oxygen atoms in total. The first-order chi connectivity index (χ1) is 6.61. The van der Waals surface area contributed by atoms with Gasteiger partial charge in [-0.1, -0.05) is 6.92 Å². The second-order valence-corrected chi connectivity index (χ2v) is 3.45. The fraction of sp³-hybridized carbons (Fsp3) is 0.900. The summed E-state index contributed by atoms with van der Waals surface area (Å²) in [4.78, 5) is 13.5. The summed E-state index contributed by atoms with van der Waals surface area (Å²) in [6.07, 6.45) is 0.791. The lowest BCUT2D eigenvalue weighted by atomic mass is 10.2. The van der Waals surface area contributed by atoms with Crippen LogP contribution in [0.25, 0.3) is 0 Å². The second kappa shape index (κ2) is 7.76. The number of carbonyl (C=O) groups excluding carboxylic acids is 1. The van der Waals surface area contributed by atoms with Crippen molar-refractivity contribution in [1.82, 2.24) is 10.2 Å². The van der Waals surface area contributed by atoms with Crippen LogP contribution in [0.4, 0.5) is 0 Å². The molecule has 0 aliphatic rings. The molecule has 0 aromatic rings. The lowest BCUT2D eigenvalue weighted by Gasteiger charge is -2.18. The molecule has 1 atom stereocenters. The van der Waals surface area contributed by atoms with E-state index < -0.39 is 0 Å². The minimum absolute atomic E-state index is 0.142. The Hall–Kier alpha value is -0.610. The van der Waals surface area contributed by atoms with Crippen molar-refractivity contribution in [2.45, 2.75) is 26.3 Å². The van der Waals surface area contributed by atoms with Crippen molar-refractivity contribution >= 4 is 5.97 Å². The fourth-order valence-electron chi connectivity index (χ4n) is 1.18. The van der Waals surface area contributed by atoms with E-state index in [4.69, 9.17) is 4.74 Å². The molecule has 84 valence electrons. The Morgan fingerprint density at radius 3 is 2.50 bits per heavy atom. The van der Waals surface area contributed by atoms with Gasteiger partial charge in [-0.25, -0.2) is 0 Å². The molecule has 0 fully saturated rings. The summed E-state index contributed by atoms with van der Waals surface area (Å²) in [7, 11) is 3.99. The van der Waals surface area contributed by atoms with Gasteiger partial charge in [-0.15, -0.1) is 0 Å². The van der Waals surface area contributed by atoms with Crippen molar-refractivity contribution in [1.29, 1.82) is 0 Å². The quantitative estimate of drug-likeness (QED) is 0.610. The Bertz CT molecular complexity index is 160. The number of ether oxygens (including phenoxy) is 1. The van der Waals surface area contributed by atoms with E-state index in [2.05, 4.69) is 10.2 Å². The maximum atomic E-state index is 11.4. The van der Waals surface area contributed by atoms with Crippen molar-refractivity contribution in [2.24, 2.45) is 0 Å². The molecule has 0 aromatic heterocycles. The van der Waals surface area contributed by atoms with Crippen LogP contribution < -0.4 is 5.32 Å². The van der Waals surface area contributed by atoms with Crippen LogP contribution in [0.3, 0.4) is 0 Å². The number of carbonyl (C=O) groups is 1. The summed E-state index contributed by atoms with van der Waals surface area (Å²) in [6.45, 7) is 5.94. The number of hydrogen-bond acceptors (Lipinski definition) is 4. The Morgan fingerprint density at radius 2 is 2.07 bits per heavy atom. The molecule has 0 bridgehead atoms. The highest BCUT2D eigenvalue weighted by Crippen LogP contribution is 1.97. The third-order valence-electron chi connectivity index (χ3n) is 1.89. The molecule has 1 N–H and O–H groups in total. The first kappa shape index (κ1) is 13.4. The Morgan fingerprint density at radius 1 is 1.43 bits per heavy atom. The van der Waals surface area contributed by atoms with E-state index in [1.807, 2.05) is 27.9 Å². The largest absolute Gasteiger partial charge is 0.465 e. The van der Waals surface area contributed by atoms with Gasteiger partial charge in [0, 0.05) is 0 Å². The SMILES string of the molecule is CCNC(CCN(C)C)C(=O)OCC. The Labute approximate surface area is 86.6 Å². The first-order valence-corrected chi connectivity index (χ1v) is 5.16. The maximum absolute atomic E-state index is 11.4. The summed E-state index contributed by atoms with van der Waals surface area (Å²) >= 11 is 0. The van der Waals surface area contributed by atoms with Crippen LogP contribution in [0.1, 0.15) is 20.3 Å². The zero-order valence-corrected chi connectivity index (χ0v) is 9.67. The van der Waals surface area contributed by atoms with Gasteiger partial charge in [0.15, 0.2) is 0 Å². The Kier molecular flexibility index (Phi) is 7.42. The standard InChI is InChI=1S/C10H22N2O2/c1-5-11-9(7-8-12(3)4)10(13)14-6-2/h9,11H,5-8H2,1-4H3. The van der Waals surface area contributed by atoms with Gasteiger partial charge in [0.05, 0.1) is 6.61 Å². The average molecular weight is 202 g/mol. The highest BCUT2D eigenvalue weighted by molar-refractivity contribution is 5.75. The van der Waals surface area contributed by atoms with Crippen LogP contribution in [-0.4, -0.2) is 50.7 Å². The van der Waals surface area contributed by atoms with E-state index >= 15 is 0 Å². The third-order valence-corrected chi connectivity index (χ3v) is 1.89. The number of esters is 1. The molecule has 0 heterocycles. The average Bonchev–Trinajstić information content (AvgIpc) is 2.12.